The van der Waals surface area contributed by atoms with Crippen LogP contribution >= 0.6 is 11.8 Å². The Kier molecular flexibility index (Phi) is 6.30. The molecule has 0 spiro atoms. The number of hydrogen-bond donors (Lipinski definition) is 2. The first kappa shape index (κ1) is 22.0. The standard InChI is InChI=1S/C21H25NO7S/c1-11-7-17(24)28-19-12-5-6-21(2,3)29-14(12)8-15(18(11)19)27-9-16(23)22-13(10-30-4)20(25)26/h7-8,13H,5-6,9-10H2,1-4H3,(H,22,23)(H,25,26)/t13-/m1/s1. The van der Waals surface area contributed by atoms with Gasteiger partial charge in [0.2, 0.25) is 0 Å². The number of benzene rings is 1. The highest BCUT2D eigenvalue weighted by molar-refractivity contribution is 7.98. The summed E-state index contributed by atoms with van der Waals surface area (Å²) in [6.45, 7) is 5.33. The summed E-state index contributed by atoms with van der Waals surface area (Å²) in [4.78, 5) is 35.5. The molecule has 0 fully saturated rings. The summed E-state index contributed by atoms with van der Waals surface area (Å²) in [7, 11) is 0. The highest BCUT2D eigenvalue weighted by Gasteiger charge is 2.30. The molecular weight excluding hydrogens is 410 g/mol. The van der Waals surface area contributed by atoms with Crippen LogP contribution < -0.4 is 20.4 Å². The SMILES string of the molecule is CSC[C@@H](NC(=O)COc1cc2c(c3oc(=O)cc(C)c13)CCC(C)(C)O2)C(=O)O. The van der Waals surface area contributed by atoms with Gasteiger partial charge in [-0.25, -0.2) is 9.59 Å². The molecule has 162 valence electrons. The molecule has 1 aliphatic rings. The molecule has 0 saturated heterocycles. The van der Waals surface area contributed by atoms with Crippen LogP contribution in [0.25, 0.3) is 11.0 Å². The van der Waals surface area contributed by atoms with Gasteiger partial charge in [0.1, 0.15) is 28.7 Å². The lowest BCUT2D eigenvalue weighted by molar-refractivity contribution is -0.141. The first-order chi connectivity index (χ1) is 14.1. The fourth-order valence-electron chi connectivity index (χ4n) is 3.46. The van der Waals surface area contributed by atoms with Crippen molar-refractivity contribution in [2.75, 3.05) is 18.6 Å². The summed E-state index contributed by atoms with van der Waals surface area (Å²) in [6.07, 6.45) is 3.21. The van der Waals surface area contributed by atoms with Gasteiger partial charge >= 0.3 is 11.6 Å². The fraction of sp³-hybridized carbons (Fsp3) is 0.476. The molecule has 3 rings (SSSR count). The molecule has 0 unspecified atom stereocenters. The number of ether oxygens (including phenoxy) is 2. The second-order valence-corrected chi connectivity index (χ2v) is 8.78. The third-order valence-electron chi connectivity index (χ3n) is 4.93. The first-order valence-corrected chi connectivity index (χ1v) is 10.9. The van der Waals surface area contributed by atoms with Gasteiger partial charge in [0.05, 0.1) is 5.39 Å². The van der Waals surface area contributed by atoms with Crippen molar-refractivity contribution in [2.45, 2.75) is 45.3 Å². The molecule has 1 aromatic heterocycles. The van der Waals surface area contributed by atoms with E-state index in [9.17, 15) is 19.5 Å². The summed E-state index contributed by atoms with van der Waals surface area (Å²) in [5.74, 6) is -0.525. The van der Waals surface area contributed by atoms with E-state index >= 15 is 0 Å². The topological polar surface area (TPSA) is 115 Å². The minimum atomic E-state index is -1.11. The number of carbonyl (C=O) groups is 2. The van der Waals surface area contributed by atoms with Crippen LogP contribution in [0.15, 0.2) is 21.3 Å². The van der Waals surface area contributed by atoms with Crippen molar-refractivity contribution in [1.29, 1.82) is 0 Å². The van der Waals surface area contributed by atoms with Crippen molar-refractivity contribution in [2.24, 2.45) is 0 Å². The van der Waals surface area contributed by atoms with Crippen molar-refractivity contribution < 1.29 is 28.6 Å². The van der Waals surface area contributed by atoms with Crippen LogP contribution in [-0.4, -0.2) is 47.2 Å². The van der Waals surface area contributed by atoms with Crippen molar-refractivity contribution in [3.8, 4) is 11.5 Å². The summed E-state index contributed by atoms with van der Waals surface area (Å²) in [5.41, 5.74) is 1.01. The largest absolute Gasteiger partial charge is 0.487 e. The number of rotatable bonds is 7. The molecule has 0 saturated carbocycles. The zero-order valence-electron chi connectivity index (χ0n) is 17.4. The number of carbonyl (C=O) groups excluding carboxylic acids is 1. The lowest BCUT2D eigenvalue weighted by atomic mass is 9.92. The minimum absolute atomic E-state index is 0.246. The number of carboxylic acids is 1. The van der Waals surface area contributed by atoms with E-state index in [0.717, 1.165) is 12.0 Å². The maximum atomic E-state index is 12.3. The Hall–Kier alpha value is -2.68. The van der Waals surface area contributed by atoms with Crippen LogP contribution in [0.3, 0.4) is 0 Å². The van der Waals surface area contributed by atoms with Crippen LogP contribution in [0.1, 0.15) is 31.4 Å². The van der Waals surface area contributed by atoms with Gasteiger partial charge in [-0.3, -0.25) is 4.79 Å². The number of aliphatic carboxylic acids is 1. The van der Waals surface area contributed by atoms with Gasteiger partial charge < -0.3 is 24.3 Å². The van der Waals surface area contributed by atoms with Crippen molar-refractivity contribution in [3.63, 3.8) is 0 Å². The number of nitrogens with one attached hydrogen (secondary N) is 1. The smallest absolute Gasteiger partial charge is 0.336 e. The lowest BCUT2D eigenvalue weighted by Gasteiger charge is -2.33. The zero-order valence-corrected chi connectivity index (χ0v) is 18.2. The zero-order chi connectivity index (χ0) is 22.1. The summed E-state index contributed by atoms with van der Waals surface area (Å²) < 4.78 is 17.3. The molecule has 2 aromatic rings. The molecule has 2 heterocycles. The Morgan fingerprint density at radius 2 is 2.10 bits per heavy atom. The van der Waals surface area contributed by atoms with Crippen LogP contribution in [0.5, 0.6) is 11.5 Å². The van der Waals surface area contributed by atoms with E-state index in [1.165, 1.54) is 17.8 Å². The highest BCUT2D eigenvalue weighted by Crippen LogP contribution is 2.42. The van der Waals surface area contributed by atoms with Gasteiger partial charge in [-0.05, 0) is 45.4 Å². The van der Waals surface area contributed by atoms with Gasteiger partial charge in [0.15, 0.2) is 6.61 Å². The van der Waals surface area contributed by atoms with Gasteiger partial charge in [0.25, 0.3) is 5.91 Å². The predicted molar refractivity (Wildman–Crippen MR) is 114 cm³/mol. The maximum Gasteiger partial charge on any atom is 0.336 e. The van der Waals surface area contributed by atoms with E-state index in [1.807, 2.05) is 13.8 Å². The van der Waals surface area contributed by atoms with E-state index in [1.54, 1.807) is 19.2 Å². The number of amides is 1. The van der Waals surface area contributed by atoms with Crippen LogP contribution in [0.2, 0.25) is 0 Å². The van der Waals surface area contributed by atoms with Gasteiger partial charge in [-0.15, -0.1) is 0 Å². The third kappa shape index (κ3) is 4.72. The molecule has 0 aliphatic carbocycles. The summed E-state index contributed by atoms with van der Waals surface area (Å²) in [5, 5.41) is 12.2. The third-order valence-corrected chi connectivity index (χ3v) is 5.59. The Balaban J connectivity index is 1.93. The normalized spacial score (nSPS) is 15.7. The van der Waals surface area contributed by atoms with E-state index in [4.69, 9.17) is 13.9 Å². The summed E-state index contributed by atoms with van der Waals surface area (Å²) >= 11 is 1.32. The minimum Gasteiger partial charge on any atom is -0.487 e. The van der Waals surface area contributed by atoms with E-state index < -0.39 is 23.5 Å². The fourth-order valence-corrected chi connectivity index (χ4v) is 4.01. The molecule has 1 aromatic carbocycles. The number of aryl methyl sites for hydroxylation is 2. The van der Waals surface area contributed by atoms with Gasteiger partial charge in [0, 0.05) is 23.4 Å². The van der Waals surface area contributed by atoms with Crippen LogP contribution in [0.4, 0.5) is 0 Å². The average Bonchev–Trinajstić information content (AvgIpc) is 2.64. The number of thioether (sulfide) groups is 1. The average molecular weight is 435 g/mol. The second kappa shape index (κ2) is 8.59. The Bertz CT molecular complexity index is 1040. The van der Waals surface area contributed by atoms with E-state index in [-0.39, 0.29) is 18.0 Å². The quantitative estimate of drug-likeness (QED) is 0.638. The number of fused-ring (bicyclic) bond motifs is 3. The molecule has 0 bridgehead atoms. The monoisotopic (exact) mass is 435 g/mol. The van der Waals surface area contributed by atoms with Crippen molar-refractivity contribution >= 4 is 34.6 Å². The highest BCUT2D eigenvalue weighted by atomic mass is 32.2. The van der Waals surface area contributed by atoms with Crippen LogP contribution in [-0.2, 0) is 16.0 Å². The van der Waals surface area contributed by atoms with Crippen molar-refractivity contribution in [3.05, 3.63) is 33.7 Å². The molecule has 30 heavy (non-hydrogen) atoms. The Morgan fingerprint density at radius 3 is 2.77 bits per heavy atom. The number of hydrogen-bond acceptors (Lipinski definition) is 7. The van der Waals surface area contributed by atoms with E-state index in [0.29, 0.717) is 34.5 Å². The first-order valence-electron chi connectivity index (χ1n) is 9.54. The Labute approximate surface area is 177 Å². The lowest BCUT2D eigenvalue weighted by Crippen LogP contribution is -2.44. The second-order valence-electron chi connectivity index (χ2n) is 7.87. The van der Waals surface area contributed by atoms with Gasteiger partial charge in [-0.1, -0.05) is 0 Å². The molecule has 1 atom stereocenters. The van der Waals surface area contributed by atoms with Crippen molar-refractivity contribution in [1.82, 2.24) is 5.32 Å². The molecule has 0 radical (unpaired) electrons. The number of carboxylic acid groups (broad SMARTS) is 1. The molecule has 1 amide bonds. The van der Waals surface area contributed by atoms with E-state index in [2.05, 4.69) is 5.32 Å². The molecule has 2 N–H and O–H groups in total. The molecule has 8 nitrogen and oxygen atoms in total. The molecular formula is C21H25NO7S. The molecule has 1 aliphatic heterocycles. The summed E-state index contributed by atoms with van der Waals surface area (Å²) in [6, 6.07) is 2.07. The Morgan fingerprint density at radius 1 is 1.37 bits per heavy atom. The van der Waals surface area contributed by atoms with Gasteiger partial charge in [-0.2, -0.15) is 11.8 Å². The molecule has 9 heteroatoms. The maximum absolute atomic E-state index is 12.3. The predicted octanol–water partition coefficient (Wildman–Crippen LogP) is 2.52. The van der Waals surface area contributed by atoms with Crippen LogP contribution in [0, 0.1) is 6.92 Å².